The lowest BCUT2D eigenvalue weighted by molar-refractivity contribution is -0.137. The van der Waals surface area contributed by atoms with Crippen LogP contribution in [0.3, 0.4) is 0 Å². The summed E-state index contributed by atoms with van der Waals surface area (Å²) in [4.78, 5) is 36.2. The van der Waals surface area contributed by atoms with Crippen molar-refractivity contribution in [2.24, 2.45) is 5.73 Å². The van der Waals surface area contributed by atoms with E-state index in [1.165, 1.54) is 6.07 Å². The molecule has 0 saturated heterocycles. The first kappa shape index (κ1) is 23.3. The van der Waals surface area contributed by atoms with Gasteiger partial charge in [-0.3, -0.25) is 19.8 Å². The Morgan fingerprint density at radius 1 is 1.12 bits per heavy atom. The van der Waals surface area contributed by atoms with Crippen LogP contribution in [-0.2, 0) is 22.4 Å². The number of carboxylic acids is 1. The van der Waals surface area contributed by atoms with Gasteiger partial charge in [-0.05, 0) is 36.2 Å². The molecule has 0 fully saturated rings. The van der Waals surface area contributed by atoms with Crippen molar-refractivity contribution in [2.45, 2.75) is 26.2 Å². The molecule has 33 heavy (non-hydrogen) atoms. The van der Waals surface area contributed by atoms with Crippen molar-refractivity contribution in [3.63, 3.8) is 0 Å². The van der Waals surface area contributed by atoms with Gasteiger partial charge in [-0.25, -0.2) is 0 Å². The highest BCUT2D eigenvalue weighted by Gasteiger charge is 2.20. The maximum absolute atomic E-state index is 12.7. The van der Waals surface area contributed by atoms with Gasteiger partial charge in [-0.1, -0.05) is 25.1 Å². The van der Waals surface area contributed by atoms with E-state index in [-0.39, 0.29) is 25.3 Å². The van der Waals surface area contributed by atoms with Crippen LogP contribution in [0.15, 0.2) is 46.9 Å². The predicted octanol–water partition coefficient (Wildman–Crippen LogP) is 2.69. The zero-order chi connectivity index (χ0) is 24.0. The van der Waals surface area contributed by atoms with Crippen molar-refractivity contribution in [3.05, 3.63) is 59.4 Å². The number of anilines is 2. The normalized spacial score (nSPS) is 10.6. The maximum atomic E-state index is 12.7. The smallest absolute Gasteiger partial charge is 0.303 e. The molecule has 10 heteroatoms. The first-order valence-electron chi connectivity index (χ1n) is 10.3. The number of carbonyl (C=O) groups excluding carboxylic acids is 2. The van der Waals surface area contributed by atoms with Gasteiger partial charge in [0, 0.05) is 23.1 Å². The Labute approximate surface area is 189 Å². The van der Waals surface area contributed by atoms with E-state index in [4.69, 9.17) is 20.7 Å². The zero-order valence-electron chi connectivity index (χ0n) is 18.0. The lowest BCUT2D eigenvalue weighted by Gasteiger charge is -2.10. The van der Waals surface area contributed by atoms with Crippen LogP contribution in [0.2, 0.25) is 0 Å². The SMILES string of the molecule is CCc1cccc2oc(CCC(=O)O)c(NC(=O)CNC(=O)c3cccc(NC(=N)N)c3)c12. The fourth-order valence-electron chi connectivity index (χ4n) is 3.43. The monoisotopic (exact) mass is 451 g/mol. The Morgan fingerprint density at radius 3 is 2.58 bits per heavy atom. The quantitative estimate of drug-likeness (QED) is 0.214. The number of guanidine groups is 1. The van der Waals surface area contributed by atoms with Crippen molar-refractivity contribution < 1.29 is 23.9 Å². The molecular formula is C23H25N5O5. The van der Waals surface area contributed by atoms with E-state index < -0.39 is 17.8 Å². The zero-order valence-corrected chi connectivity index (χ0v) is 18.0. The van der Waals surface area contributed by atoms with E-state index in [9.17, 15) is 14.4 Å². The van der Waals surface area contributed by atoms with Crippen LogP contribution >= 0.6 is 0 Å². The summed E-state index contributed by atoms with van der Waals surface area (Å²) in [5.41, 5.74) is 8.00. The summed E-state index contributed by atoms with van der Waals surface area (Å²) in [6.07, 6.45) is 0.663. The van der Waals surface area contributed by atoms with Crippen LogP contribution in [0.5, 0.6) is 0 Å². The molecule has 0 saturated carbocycles. The number of hydrogen-bond donors (Lipinski definition) is 6. The van der Waals surface area contributed by atoms with Crippen LogP contribution in [0, 0.1) is 5.41 Å². The standard InChI is InChI=1S/C23H25N5O5/c1-2-13-5-4-8-16-20(13)21(17(33-16)9-10-19(30)31)28-18(29)12-26-22(32)14-6-3-7-15(11-14)27-23(24)25/h3-8,11H,2,9-10,12H2,1H3,(H,26,32)(H,28,29)(H,30,31)(H4,24,25,27). The number of benzene rings is 2. The van der Waals surface area contributed by atoms with Crippen LogP contribution in [0.25, 0.3) is 11.0 Å². The first-order valence-corrected chi connectivity index (χ1v) is 10.3. The third-order valence-corrected chi connectivity index (χ3v) is 4.90. The van der Waals surface area contributed by atoms with Crippen molar-refractivity contribution in [3.8, 4) is 0 Å². The number of amides is 2. The number of carboxylic acid groups (broad SMARTS) is 1. The van der Waals surface area contributed by atoms with Gasteiger partial charge in [0.05, 0.1) is 18.7 Å². The molecule has 0 radical (unpaired) electrons. The molecule has 0 atom stereocenters. The van der Waals surface area contributed by atoms with Crippen LogP contribution < -0.4 is 21.7 Å². The van der Waals surface area contributed by atoms with Crippen molar-refractivity contribution in [1.29, 1.82) is 5.41 Å². The van der Waals surface area contributed by atoms with Crippen molar-refractivity contribution >= 4 is 46.1 Å². The summed E-state index contributed by atoms with van der Waals surface area (Å²) < 4.78 is 5.83. The third-order valence-electron chi connectivity index (χ3n) is 4.90. The molecule has 1 heterocycles. The molecule has 0 bridgehead atoms. The van der Waals surface area contributed by atoms with Crippen LogP contribution in [-0.4, -0.2) is 35.4 Å². The van der Waals surface area contributed by atoms with Gasteiger partial charge in [0.1, 0.15) is 11.3 Å². The molecule has 0 aliphatic carbocycles. The van der Waals surface area contributed by atoms with Gasteiger partial charge < -0.3 is 31.2 Å². The molecule has 3 rings (SSSR count). The number of fused-ring (bicyclic) bond motifs is 1. The highest BCUT2D eigenvalue weighted by Crippen LogP contribution is 2.34. The number of carbonyl (C=O) groups is 3. The van der Waals surface area contributed by atoms with E-state index >= 15 is 0 Å². The summed E-state index contributed by atoms with van der Waals surface area (Å²) in [7, 11) is 0. The van der Waals surface area contributed by atoms with E-state index in [0.29, 0.717) is 34.7 Å². The molecule has 7 N–H and O–H groups in total. The lowest BCUT2D eigenvalue weighted by Crippen LogP contribution is -2.33. The number of nitrogens with two attached hydrogens (primary N) is 1. The summed E-state index contributed by atoms with van der Waals surface area (Å²) in [5.74, 6) is -1.82. The van der Waals surface area contributed by atoms with Crippen LogP contribution in [0.1, 0.15) is 35.0 Å². The summed E-state index contributed by atoms with van der Waals surface area (Å²) in [6, 6.07) is 11.9. The van der Waals surface area contributed by atoms with E-state index in [1.807, 2.05) is 19.1 Å². The second-order valence-electron chi connectivity index (χ2n) is 7.29. The minimum atomic E-state index is -0.975. The molecule has 0 aliphatic heterocycles. The molecule has 172 valence electrons. The maximum Gasteiger partial charge on any atom is 0.303 e. The largest absolute Gasteiger partial charge is 0.481 e. The number of rotatable bonds is 9. The molecule has 2 aromatic carbocycles. The van der Waals surface area contributed by atoms with Gasteiger partial charge in [0.15, 0.2) is 5.96 Å². The molecule has 3 aromatic rings. The fraction of sp³-hybridized carbons (Fsp3) is 0.217. The molecule has 0 spiro atoms. The topological polar surface area (TPSA) is 171 Å². The Kier molecular flexibility index (Phi) is 7.29. The number of aliphatic carboxylic acids is 1. The van der Waals surface area contributed by atoms with Gasteiger partial charge in [0.2, 0.25) is 5.91 Å². The summed E-state index contributed by atoms with van der Waals surface area (Å²) >= 11 is 0. The minimum absolute atomic E-state index is 0.116. The van der Waals surface area contributed by atoms with Gasteiger partial charge in [-0.15, -0.1) is 0 Å². The molecule has 2 amide bonds. The first-order chi connectivity index (χ1) is 15.8. The third kappa shape index (κ3) is 5.88. The molecule has 1 aromatic heterocycles. The minimum Gasteiger partial charge on any atom is -0.481 e. The Bertz CT molecular complexity index is 1220. The van der Waals surface area contributed by atoms with Crippen molar-refractivity contribution in [2.75, 3.05) is 17.2 Å². The van der Waals surface area contributed by atoms with E-state index in [0.717, 1.165) is 10.9 Å². The molecule has 0 unspecified atom stereocenters. The molecular weight excluding hydrogens is 426 g/mol. The van der Waals surface area contributed by atoms with Gasteiger partial charge >= 0.3 is 5.97 Å². The average Bonchev–Trinajstić information content (AvgIpc) is 3.13. The number of aryl methyl sites for hydroxylation is 2. The second-order valence-corrected chi connectivity index (χ2v) is 7.29. The second kappa shape index (κ2) is 10.3. The Balaban J connectivity index is 1.75. The Morgan fingerprint density at radius 2 is 1.88 bits per heavy atom. The van der Waals surface area contributed by atoms with E-state index in [1.54, 1.807) is 24.3 Å². The number of furan rings is 1. The predicted molar refractivity (Wildman–Crippen MR) is 124 cm³/mol. The van der Waals surface area contributed by atoms with Crippen molar-refractivity contribution in [1.82, 2.24) is 5.32 Å². The Hall–Kier alpha value is -4.34. The average molecular weight is 451 g/mol. The number of nitrogens with one attached hydrogen (secondary N) is 4. The fourth-order valence-corrected chi connectivity index (χ4v) is 3.43. The highest BCUT2D eigenvalue weighted by molar-refractivity contribution is 6.06. The highest BCUT2D eigenvalue weighted by atomic mass is 16.4. The summed E-state index contributed by atoms with van der Waals surface area (Å²) in [6.45, 7) is 1.67. The molecule has 10 nitrogen and oxygen atoms in total. The van der Waals surface area contributed by atoms with Crippen LogP contribution in [0.4, 0.5) is 11.4 Å². The number of hydrogen-bond acceptors (Lipinski definition) is 5. The van der Waals surface area contributed by atoms with Gasteiger partial charge in [0.25, 0.3) is 5.91 Å². The molecule has 0 aliphatic rings. The van der Waals surface area contributed by atoms with E-state index in [2.05, 4.69) is 16.0 Å². The summed E-state index contributed by atoms with van der Waals surface area (Å²) in [5, 5.41) is 25.0. The lowest BCUT2D eigenvalue weighted by atomic mass is 10.1. The van der Waals surface area contributed by atoms with Gasteiger partial charge in [-0.2, -0.15) is 0 Å².